The molecule has 356 valence electrons. The number of aromatic nitrogens is 4. The Balaban J connectivity index is 1.19. The number of imidazole rings is 2. The molecule has 0 saturated carbocycles. The zero-order chi connectivity index (χ0) is 49.8. The zero-order valence-electron chi connectivity index (χ0n) is 39.6. The Morgan fingerprint density at radius 1 is 0.662 bits per heavy atom. The minimum atomic E-state index is -1.42. The van der Waals surface area contributed by atoms with E-state index in [1.54, 1.807) is 57.1 Å². The van der Waals surface area contributed by atoms with Gasteiger partial charge in [-0.2, -0.15) is 0 Å². The molecule has 2 unspecified atom stereocenters. The van der Waals surface area contributed by atoms with Gasteiger partial charge in [0.1, 0.15) is 0 Å². The van der Waals surface area contributed by atoms with E-state index in [-0.39, 0.29) is 29.7 Å². The van der Waals surface area contributed by atoms with Crippen molar-refractivity contribution in [1.82, 2.24) is 24.4 Å². The highest BCUT2D eigenvalue weighted by molar-refractivity contribution is 6.00. The second kappa shape index (κ2) is 22.0. The number of ether oxygens (including phenoxy) is 2. The van der Waals surface area contributed by atoms with E-state index < -0.39 is 34.0 Å². The van der Waals surface area contributed by atoms with E-state index in [9.17, 15) is 10.1 Å². The first-order valence-corrected chi connectivity index (χ1v) is 23.2. The van der Waals surface area contributed by atoms with Crippen molar-refractivity contribution in [3.63, 3.8) is 0 Å². The van der Waals surface area contributed by atoms with Crippen molar-refractivity contribution in [3.05, 3.63) is 280 Å². The molecule has 0 fully saturated rings. The van der Waals surface area contributed by atoms with Gasteiger partial charge in [0.15, 0.2) is 11.2 Å². The van der Waals surface area contributed by atoms with Gasteiger partial charge in [0.2, 0.25) is 0 Å². The number of nitro benzene ring substituents is 1. The Hall–Kier alpha value is -8.90. The van der Waals surface area contributed by atoms with E-state index >= 15 is 9.59 Å². The molecule has 0 aliphatic carbocycles. The number of esters is 2. The summed E-state index contributed by atoms with van der Waals surface area (Å²) in [5, 5.41) is 15.6. The molecule has 12 nitrogen and oxygen atoms in total. The third kappa shape index (κ3) is 11.4. The van der Waals surface area contributed by atoms with E-state index in [1.807, 2.05) is 155 Å². The van der Waals surface area contributed by atoms with Gasteiger partial charge in [-0.1, -0.05) is 159 Å². The first kappa shape index (κ1) is 48.6. The molecule has 12 heteroatoms. The Morgan fingerprint density at radius 3 is 1.51 bits per heavy atom. The van der Waals surface area contributed by atoms with Gasteiger partial charge in [-0.15, -0.1) is 0 Å². The average molecular weight is 943 g/mol. The maximum absolute atomic E-state index is 15.4. The molecule has 2 atom stereocenters. The number of dihydropyridines is 1. The fourth-order valence-corrected chi connectivity index (χ4v) is 8.88. The molecule has 7 aromatic rings. The lowest BCUT2D eigenvalue weighted by Crippen LogP contribution is -2.38. The lowest BCUT2D eigenvalue weighted by atomic mass is 9.79. The molecule has 1 aliphatic heterocycles. The predicted octanol–water partition coefficient (Wildman–Crippen LogP) is 11.8. The van der Waals surface area contributed by atoms with E-state index in [0.29, 0.717) is 41.2 Å². The minimum absolute atomic E-state index is 0.0649. The molecule has 0 radical (unpaired) electrons. The van der Waals surface area contributed by atoms with Crippen molar-refractivity contribution >= 4 is 29.8 Å². The second-order valence-corrected chi connectivity index (χ2v) is 17.4. The molecular weight excluding hydrogens is 889 g/mol. The van der Waals surface area contributed by atoms with Crippen LogP contribution in [-0.2, 0) is 43.4 Å². The van der Waals surface area contributed by atoms with Crippen molar-refractivity contribution in [2.45, 2.75) is 56.9 Å². The number of hydrogen-bond acceptors (Lipinski definition) is 9. The van der Waals surface area contributed by atoms with E-state index in [4.69, 9.17) is 9.47 Å². The van der Waals surface area contributed by atoms with Crippen molar-refractivity contribution in [2.75, 3.05) is 0 Å². The fourth-order valence-electron chi connectivity index (χ4n) is 8.88. The highest BCUT2D eigenvalue weighted by atomic mass is 16.6. The van der Waals surface area contributed by atoms with Gasteiger partial charge < -0.3 is 23.9 Å². The summed E-state index contributed by atoms with van der Waals surface area (Å²) < 4.78 is 17.4. The van der Waals surface area contributed by atoms with Crippen LogP contribution in [0.3, 0.4) is 0 Å². The maximum Gasteiger partial charge on any atom is 0.337 e. The maximum atomic E-state index is 15.4. The molecule has 0 bridgehead atoms. The van der Waals surface area contributed by atoms with Gasteiger partial charge in [-0.05, 0) is 64.9 Å². The number of hydrogen-bond donors (Lipinski definition) is 1. The third-order valence-corrected chi connectivity index (χ3v) is 12.6. The molecule has 0 saturated heterocycles. The Morgan fingerprint density at radius 2 is 1.11 bits per heavy atom. The summed E-state index contributed by atoms with van der Waals surface area (Å²) in [5.74, 6) is -2.72. The average Bonchev–Trinajstić information content (AvgIpc) is 4.12. The molecule has 71 heavy (non-hydrogen) atoms. The van der Waals surface area contributed by atoms with Crippen LogP contribution in [-0.4, -0.2) is 36.0 Å². The topological polar surface area (TPSA) is 143 Å². The quantitative estimate of drug-likeness (QED) is 0.0342. The molecule has 5 aromatic carbocycles. The number of nitro groups is 1. The van der Waals surface area contributed by atoms with Crippen LogP contribution in [0, 0.1) is 10.1 Å². The van der Waals surface area contributed by atoms with Crippen LogP contribution >= 0.6 is 0 Å². The number of allylic oxidation sites excluding steroid dienone is 2. The molecule has 0 amide bonds. The van der Waals surface area contributed by atoms with Crippen LogP contribution < -0.4 is 5.32 Å². The van der Waals surface area contributed by atoms with Crippen LogP contribution in [0.5, 0.6) is 0 Å². The van der Waals surface area contributed by atoms with Gasteiger partial charge in [0.05, 0.1) is 34.6 Å². The number of nitrogens with one attached hydrogen (secondary N) is 1. The monoisotopic (exact) mass is 942 g/mol. The minimum Gasteiger partial charge on any atom is -0.446 e. The number of non-ortho nitro benzene ring substituents is 1. The predicted molar refractivity (Wildman–Crippen MR) is 276 cm³/mol. The Labute approximate surface area is 413 Å². The Kier molecular flexibility index (Phi) is 15.1. The molecule has 1 aliphatic rings. The first-order chi connectivity index (χ1) is 34.5. The largest absolute Gasteiger partial charge is 0.446 e. The van der Waals surface area contributed by atoms with Gasteiger partial charge in [0.25, 0.3) is 5.69 Å². The van der Waals surface area contributed by atoms with E-state index in [2.05, 4.69) is 28.4 Å². The summed E-state index contributed by atoms with van der Waals surface area (Å²) >= 11 is 0. The molecule has 1 N–H and O–H groups in total. The molecule has 8 rings (SSSR count). The number of carbonyl (C=O) groups excluding carboxylic acids is 2. The SMILES string of the molecule is C=CC(C/C=C/c1ccccc1)(OC(=O)C1=C(C)NC(C)=C(C(=O)OC(C=C)(C/C=C/c2ccccc2)c2ccc(Cn3ccnc3)cc2)C1c1cccc([N+](=O)[O-])c1)c1ccc(Cn2ccnc2)cc1. The summed E-state index contributed by atoms with van der Waals surface area (Å²) in [5.41, 5.74) is 3.38. The number of rotatable bonds is 20. The fraction of sp³-hybridized carbons (Fsp3) is 0.153. The summed E-state index contributed by atoms with van der Waals surface area (Å²) in [6.45, 7) is 13.0. The highest BCUT2D eigenvalue weighted by Gasteiger charge is 2.44. The summed E-state index contributed by atoms with van der Waals surface area (Å²) in [6, 6.07) is 41.0. The summed E-state index contributed by atoms with van der Waals surface area (Å²) in [7, 11) is 0. The first-order valence-electron chi connectivity index (χ1n) is 23.2. The van der Waals surface area contributed by atoms with Crippen LogP contribution in [0.25, 0.3) is 12.2 Å². The van der Waals surface area contributed by atoms with Crippen LogP contribution in [0.15, 0.2) is 231 Å². The van der Waals surface area contributed by atoms with Crippen molar-refractivity contribution in [3.8, 4) is 0 Å². The lowest BCUT2D eigenvalue weighted by molar-refractivity contribution is -0.384. The van der Waals surface area contributed by atoms with Gasteiger partial charge >= 0.3 is 11.9 Å². The van der Waals surface area contributed by atoms with Crippen molar-refractivity contribution < 1.29 is 24.0 Å². The smallest absolute Gasteiger partial charge is 0.337 e. The lowest BCUT2D eigenvalue weighted by Gasteiger charge is -2.36. The standard InChI is InChI=1S/C59H54N6O6/c1-5-58(32-14-20-45-16-9-7-10-17-45,50-28-24-47(25-29-50)39-63-36-34-60-41-63)70-56(66)53-43(3)62-44(4)54(55(53)49-22-13-23-52(38-49)65(68)69)57(67)71-59(6-2,33-15-21-46-18-11-8-12-19-46)51-30-26-48(27-31-51)40-64-37-35-61-42-64/h5-31,34-38,41-42,55,62H,1-2,32-33,39-40H2,3-4H3/b20-14+,21-15+. The van der Waals surface area contributed by atoms with Crippen molar-refractivity contribution in [1.29, 1.82) is 0 Å². The molecule has 2 aromatic heterocycles. The van der Waals surface area contributed by atoms with E-state index in [1.165, 1.54) is 18.2 Å². The van der Waals surface area contributed by atoms with Gasteiger partial charge in [0, 0.05) is 74.2 Å². The second-order valence-electron chi connectivity index (χ2n) is 17.4. The third-order valence-electron chi connectivity index (χ3n) is 12.6. The van der Waals surface area contributed by atoms with Crippen LogP contribution in [0.1, 0.15) is 71.6 Å². The van der Waals surface area contributed by atoms with Gasteiger partial charge in [-0.3, -0.25) is 10.1 Å². The molecule has 0 spiro atoms. The van der Waals surface area contributed by atoms with Crippen molar-refractivity contribution in [2.24, 2.45) is 0 Å². The number of carbonyl (C=O) groups is 2. The number of nitrogens with zero attached hydrogens (tertiary/aromatic N) is 5. The van der Waals surface area contributed by atoms with Crippen LogP contribution in [0.4, 0.5) is 5.69 Å². The molecule has 3 heterocycles. The van der Waals surface area contributed by atoms with Gasteiger partial charge in [-0.25, -0.2) is 19.6 Å². The number of benzene rings is 5. The summed E-state index contributed by atoms with van der Waals surface area (Å²) in [6.07, 6.45) is 22.1. The molecular formula is C59H54N6O6. The highest BCUT2D eigenvalue weighted by Crippen LogP contribution is 2.44. The van der Waals surface area contributed by atoms with E-state index in [0.717, 1.165) is 22.3 Å². The zero-order valence-corrected chi connectivity index (χ0v) is 39.6. The van der Waals surface area contributed by atoms with Crippen LogP contribution in [0.2, 0.25) is 0 Å². The normalized spacial score (nSPS) is 15.4. The summed E-state index contributed by atoms with van der Waals surface area (Å²) in [4.78, 5) is 50.9. The Bertz CT molecular complexity index is 2940.